The number of nitrogens with zero attached hydrogens (tertiary/aromatic N) is 2. The first kappa shape index (κ1) is 20.3. The van der Waals surface area contributed by atoms with Crippen LogP contribution in [0.3, 0.4) is 0 Å². The Bertz CT molecular complexity index is 666. The van der Waals surface area contributed by atoms with E-state index in [-0.39, 0.29) is 29.3 Å². The quantitative estimate of drug-likeness (QED) is 0.534. The molecule has 0 aliphatic carbocycles. The highest BCUT2D eigenvalue weighted by Gasteiger charge is 2.26. The van der Waals surface area contributed by atoms with Crippen LogP contribution in [0.2, 0.25) is 0 Å². The summed E-state index contributed by atoms with van der Waals surface area (Å²) in [5.41, 5.74) is -0.508. The molecule has 0 aromatic heterocycles. The van der Waals surface area contributed by atoms with Crippen molar-refractivity contribution in [2.24, 2.45) is 0 Å². The lowest BCUT2D eigenvalue weighted by Gasteiger charge is -2.30. The fraction of sp³-hybridized carbons (Fsp3) is 0.600. The number of nitro groups is 1. The number of ether oxygens (including phenoxy) is 1. The number of sulfonamides is 1. The Morgan fingerprint density at radius 3 is 2.29 bits per heavy atom. The Kier molecular flexibility index (Phi) is 7.12. The molecule has 1 rings (SSSR count). The third-order valence-corrected chi connectivity index (χ3v) is 5.15. The lowest BCUT2D eigenvalue weighted by atomic mass is 10.2. The molecule has 0 saturated heterocycles. The zero-order valence-electron chi connectivity index (χ0n) is 14.6. The van der Waals surface area contributed by atoms with Crippen molar-refractivity contribution in [2.75, 3.05) is 20.2 Å². The molecule has 0 aliphatic rings. The molecule has 1 N–H and O–H groups in total. The van der Waals surface area contributed by atoms with Gasteiger partial charge in [0.05, 0.1) is 18.1 Å². The molecule has 0 unspecified atom stereocenters. The molecule has 24 heavy (non-hydrogen) atoms. The third-order valence-electron chi connectivity index (χ3n) is 3.64. The van der Waals surface area contributed by atoms with E-state index < -0.39 is 20.6 Å². The zero-order valence-corrected chi connectivity index (χ0v) is 15.5. The molecular formula is C15H25N3O5S. The number of nitrogens with one attached hydrogen (secondary N) is 1. The van der Waals surface area contributed by atoms with Gasteiger partial charge in [-0.05, 0) is 39.8 Å². The fourth-order valence-electron chi connectivity index (χ4n) is 2.49. The maximum Gasteiger partial charge on any atom is 0.293 e. The van der Waals surface area contributed by atoms with E-state index in [0.717, 1.165) is 6.07 Å². The third kappa shape index (κ3) is 5.15. The van der Waals surface area contributed by atoms with Gasteiger partial charge in [0.25, 0.3) is 5.69 Å². The average molecular weight is 359 g/mol. The normalized spacial score (nSPS) is 12.2. The van der Waals surface area contributed by atoms with Crippen LogP contribution in [0, 0.1) is 10.1 Å². The smallest absolute Gasteiger partial charge is 0.293 e. The number of benzene rings is 1. The largest absolute Gasteiger partial charge is 0.497 e. The molecule has 0 radical (unpaired) electrons. The maximum atomic E-state index is 12.4. The average Bonchev–Trinajstić information content (AvgIpc) is 2.49. The van der Waals surface area contributed by atoms with Gasteiger partial charge in [0, 0.05) is 25.2 Å². The molecule has 0 spiro atoms. The first-order valence-electron chi connectivity index (χ1n) is 7.68. The number of rotatable bonds is 9. The molecule has 0 aliphatic heterocycles. The van der Waals surface area contributed by atoms with E-state index in [1.54, 1.807) is 0 Å². The molecule has 1 aromatic rings. The molecule has 9 heteroatoms. The summed E-state index contributed by atoms with van der Waals surface area (Å²) in [5.74, 6) is 0.228. The second kappa shape index (κ2) is 8.41. The summed E-state index contributed by atoms with van der Waals surface area (Å²) in [7, 11) is -2.62. The van der Waals surface area contributed by atoms with Gasteiger partial charge in [0.15, 0.2) is 4.90 Å². The summed E-state index contributed by atoms with van der Waals surface area (Å²) in [6, 6.07) is 4.20. The van der Waals surface area contributed by atoms with Gasteiger partial charge in [-0.2, -0.15) is 0 Å². The minimum Gasteiger partial charge on any atom is -0.497 e. The highest BCUT2D eigenvalue weighted by molar-refractivity contribution is 7.89. The van der Waals surface area contributed by atoms with Crippen molar-refractivity contribution in [1.82, 2.24) is 9.62 Å². The minimum atomic E-state index is -3.98. The van der Waals surface area contributed by atoms with Crippen LogP contribution < -0.4 is 9.46 Å². The number of hydrogen-bond donors (Lipinski definition) is 1. The van der Waals surface area contributed by atoms with Crippen LogP contribution in [-0.2, 0) is 10.0 Å². The molecule has 0 heterocycles. The molecule has 136 valence electrons. The zero-order chi connectivity index (χ0) is 18.5. The number of methoxy groups -OCH3 is 1. The van der Waals surface area contributed by atoms with Crippen molar-refractivity contribution in [1.29, 1.82) is 0 Å². The fourth-order valence-corrected chi connectivity index (χ4v) is 3.67. The molecule has 8 nitrogen and oxygen atoms in total. The summed E-state index contributed by atoms with van der Waals surface area (Å²) < 4.78 is 32.2. The van der Waals surface area contributed by atoms with Crippen LogP contribution in [-0.4, -0.2) is 50.5 Å². The lowest BCUT2D eigenvalue weighted by molar-refractivity contribution is -0.387. The van der Waals surface area contributed by atoms with E-state index in [2.05, 4.69) is 9.62 Å². The van der Waals surface area contributed by atoms with E-state index in [1.807, 2.05) is 27.7 Å². The number of nitro benzene ring substituents is 1. The highest BCUT2D eigenvalue weighted by atomic mass is 32.2. The summed E-state index contributed by atoms with van der Waals surface area (Å²) >= 11 is 0. The van der Waals surface area contributed by atoms with E-state index in [1.165, 1.54) is 19.2 Å². The monoisotopic (exact) mass is 359 g/mol. The van der Waals surface area contributed by atoms with Gasteiger partial charge in [-0.15, -0.1) is 0 Å². The Labute approximate surface area is 143 Å². The second-order valence-corrected chi connectivity index (χ2v) is 7.65. The van der Waals surface area contributed by atoms with E-state index >= 15 is 0 Å². The van der Waals surface area contributed by atoms with Crippen molar-refractivity contribution in [2.45, 2.75) is 44.7 Å². The number of hydrogen-bond acceptors (Lipinski definition) is 6. The highest BCUT2D eigenvalue weighted by Crippen LogP contribution is 2.28. The van der Waals surface area contributed by atoms with Crippen molar-refractivity contribution in [3.8, 4) is 5.75 Å². The molecular weight excluding hydrogens is 334 g/mol. The standard InChI is InChI=1S/C15H25N3O5S/c1-11(2)17(12(3)4)9-8-16-24(21,22)15-7-6-13(23-5)10-14(15)18(19)20/h6-7,10-12,16H,8-9H2,1-5H3. The van der Waals surface area contributed by atoms with Crippen molar-refractivity contribution < 1.29 is 18.1 Å². The molecule has 0 bridgehead atoms. The van der Waals surface area contributed by atoms with Gasteiger partial charge < -0.3 is 4.74 Å². The summed E-state index contributed by atoms with van der Waals surface area (Å²) in [6.45, 7) is 8.80. The first-order chi connectivity index (χ1) is 11.1. The van der Waals surface area contributed by atoms with Gasteiger partial charge in [0.2, 0.25) is 10.0 Å². The summed E-state index contributed by atoms with van der Waals surface area (Å²) in [4.78, 5) is 12.2. The van der Waals surface area contributed by atoms with Gasteiger partial charge in [-0.1, -0.05) is 0 Å². The molecule has 0 saturated carbocycles. The predicted octanol–water partition coefficient (Wildman–Crippen LogP) is 2.00. The predicted molar refractivity (Wildman–Crippen MR) is 91.8 cm³/mol. The molecule has 0 atom stereocenters. The summed E-state index contributed by atoms with van der Waals surface area (Å²) in [6.07, 6.45) is 0. The SMILES string of the molecule is COc1ccc(S(=O)(=O)NCCN(C(C)C)C(C)C)c([N+](=O)[O-])c1. The van der Waals surface area contributed by atoms with Gasteiger partial charge in [-0.25, -0.2) is 13.1 Å². The van der Waals surface area contributed by atoms with E-state index in [9.17, 15) is 18.5 Å². The van der Waals surface area contributed by atoms with Crippen LogP contribution >= 0.6 is 0 Å². The van der Waals surface area contributed by atoms with Crippen molar-refractivity contribution in [3.63, 3.8) is 0 Å². The summed E-state index contributed by atoms with van der Waals surface area (Å²) in [5, 5.41) is 11.1. The van der Waals surface area contributed by atoms with Crippen LogP contribution in [0.1, 0.15) is 27.7 Å². The second-order valence-electron chi connectivity index (χ2n) is 5.91. The molecule has 0 amide bonds. The first-order valence-corrected chi connectivity index (χ1v) is 9.16. The maximum absolute atomic E-state index is 12.4. The van der Waals surface area contributed by atoms with Crippen LogP contribution in [0.4, 0.5) is 5.69 Å². The minimum absolute atomic E-state index is 0.169. The topological polar surface area (TPSA) is 102 Å². The lowest BCUT2D eigenvalue weighted by Crippen LogP contribution is -2.42. The Morgan fingerprint density at radius 1 is 1.25 bits per heavy atom. The van der Waals surface area contributed by atoms with Crippen LogP contribution in [0.5, 0.6) is 5.75 Å². The molecule has 1 aromatic carbocycles. The molecule has 0 fully saturated rings. The Hall–Kier alpha value is -1.71. The van der Waals surface area contributed by atoms with Crippen LogP contribution in [0.25, 0.3) is 0 Å². The van der Waals surface area contributed by atoms with Gasteiger partial charge in [0.1, 0.15) is 5.75 Å². The Balaban J connectivity index is 2.95. The van der Waals surface area contributed by atoms with E-state index in [4.69, 9.17) is 4.74 Å². The van der Waals surface area contributed by atoms with Crippen molar-refractivity contribution >= 4 is 15.7 Å². The van der Waals surface area contributed by atoms with Crippen molar-refractivity contribution in [3.05, 3.63) is 28.3 Å². The Morgan fingerprint density at radius 2 is 1.83 bits per heavy atom. The van der Waals surface area contributed by atoms with Gasteiger partial charge >= 0.3 is 0 Å². The van der Waals surface area contributed by atoms with Crippen LogP contribution in [0.15, 0.2) is 23.1 Å². The van der Waals surface area contributed by atoms with E-state index in [0.29, 0.717) is 6.54 Å². The van der Waals surface area contributed by atoms with Gasteiger partial charge in [-0.3, -0.25) is 15.0 Å².